The molecule has 2 aliphatic rings. The van der Waals surface area contributed by atoms with E-state index >= 15 is 0 Å². The lowest BCUT2D eigenvalue weighted by Gasteiger charge is -2.24. The molecule has 0 saturated carbocycles. The molecule has 1 unspecified atom stereocenters. The summed E-state index contributed by atoms with van der Waals surface area (Å²) >= 11 is 1.48. The Morgan fingerprint density at radius 3 is 3.13 bits per heavy atom. The number of halogens is 1. The molecule has 0 spiro atoms. The average molecular weight is 338 g/mol. The van der Waals surface area contributed by atoms with E-state index in [4.69, 9.17) is 4.74 Å². The van der Waals surface area contributed by atoms with Crippen LogP contribution in [0.1, 0.15) is 18.4 Å². The minimum atomic E-state index is -0.794. The second kappa shape index (κ2) is 7.18. The van der Waals surface area contributed by atoms with Crippen molar-refractivity contribution < 1.29 is 13.9 Å². The van der Waals surface area contributed by atoms with E-state index in [0.717, 1.165) is 10.7 Å². The van der Waals surface area contributed by atoms with Crippen molar-refractivity contribution in [3.8, 4) is 0 Å². The van der Waals surface area contributed by atoms with E-state index in [-0.39, 0.29) is 12.5 Å². The highest BCUT2D eigenvalue weighted by Gasteiger charge is 2.28. The zero-order valence-electron chi connectivity index (χ0n) is 12.9. The summed E-state index contributed by atoms with van der Waals surface area (Å²) in [6.07, 6.45) is 1.45. The SMILES string of the molecule is CCOC(=O)C1=C(CN2CCC(F)C2)NC(c2nccs2)=NC1. The molecular weight excluding hydrogens is 319 g/mol. The van der Waals surface area contributed by atoms with Gasteiger partial charge in [0.25, 0.3) is 0 Å². The highest BCUT2D eigenvalue weighted by atomic mass is 32.1. The first-order chi connectivity index (χ1) is 11.2. The Morgan fingerprint density at radius 2 is 2.48 bits per heavy atom. The van der Waals surface area contributed by atoms with Crippen LogP contribution in [0.15, 0.2) is 27.8 Å². The molecule has 23 heavy (non-hydrogen) atoms. The molecular formula is C15H19FN4O2S. The van der Waals surface area contributed by atoms with Gasteiger partial charge in [-0.2, -0.15) is 0 Å². The number of alkyl halides is 1. The summed E-state index contributed by atoms with van der Waals surface area (Å²) in [5, 5.41) is 5.85. The molecule has 1 aromatic heterocycles. The lowest BCUT2D eigenvalue weighted by atomic mass is 10.1. The summed E-state index contributed by atoms with van der Waals surface area (Å²) in [5.74, 6) is 0.284. The Hall–Kier alpha value is -1.80. The maximum absolute atomic E-state index is 13.4. The Bertz CT molecular complexity index is 629. The van der Waals surface area contributed by atoms with Gasteiger partial charge < -0.3 is 10.1 Å². The number of nitrogens with zero attached hydrogens (tertiary/aromatic N) is 3. The first-order valence-corrected chi connectivity index (χ1v) is 8.52. The molecule has 0 radical (unpaired) electrons. The van der Waals surface area contributed by atoms with Gasteiger partial charge >= 0.3 is 5.97 Å². The summed E-state index contributed by atoms with van der Waals surface area (Å²) in [6.45, 7) is 3.90. The standard InChI is InChI=1S/C15H19FN4O2S/c1-2-22-15(21)11-7-18-13(14-17-4-6-23-14)19-12(11)9-20-5-3-10(16)8-20/h4,6,10H,2-3,5,7-9H2,1H3,(H,18,19). The molecule has 8 heteroatoms. The number of nitrogens with one attached hydrogen (secondary N) is 1. The number of ether oxygens (including phenoxy) is 1. The molecule has 1 atom stereocenters. The quantitative estimate of drug-likeness (QED) is 0.821. The Labute approximate surface area is 138 Å². The van der Waals surface area contributed by atoms with Crippen molar-refractivity contribution in [2.24, 2.45) is 4.99 Å². The molecule has 1 aromatic rings. The predicted molar refractivity (Wildman–Crippen MR) is 86.3 cm³/mol. The molecule has 0 amide bonds. The van der Waals surface area contributed by atoms with Crippen molar-refractivity contribution in [1.82, 2.24) is 15.2 Å². The molecule has 3 rings (SSSR count). The third kappa shape index (κ3) is 3.76. The van der Waals surface area contributed by atoms with Gasteiger partial charge in [0, 0.05) is 36.9 Å². The lowest BCUT2D eigenvalue weighted by molar-refractivity contribution is -0.138. The first-order valence-electron chi connectivity index (χ1n) is 7.64. The number of amidine groups is 1. The summed E-state index contributed by atoms with van der Waals surface area (Å²) in [7, 11) is 0. The number of carbonyl (C=O) groups excluding carboxylic acids is 1. The van der Waals surface area contributed by atoms with Gasteiger partial charge in [0.1, 0.15) is 6.17 Å². The third-order valence-corrected chi connectivity index (χ3v) is 4.56. The van der Waals surface area contributed by atoms with Crippen LogP contribution in [0.4, 0.5) is 4.39 Å². The van der Waals surface area contributed by atoms with Crippen molar-refractivity contribution in [2.45, 2.75) is 19.5 Å². The average Bonchev–Trinajstić information content (AvgIpc) is 3.19. The zero-order chi connectivity index (χ0) is 16.2. The second-order valence-corrected chi connectivity index (χ2v) is 6.32. The molecule has 6 nitrogen and oxygen atoms in total. The fourth-order valence-electron chi connectivity index (χ4n) is 2.67. The monoisotopic (exact) mass is 338 g/mol. The molecule has 124 valence electrons. The van der Waals surface area contributed by atoms with Crippen LogP contribution in [0.5, 0.6) is 0 Å². The van der Waals surface area contributed by atoms with Gasteiger partial charge in [0.15, 0.2) is 10.8 Å². The summed E-state index contributed by atoms with van der Waals surface area (Å²) in [6, 6.07) is 0. The van der Waals surface area contributed by atoms with Crippen molar-refractivity contribution in [3.05, 3.63) is 27.9 Å². The zero-order valence-corrected chi connectivity index (χ0v) is 13.7. The van der Waals surface area contributed by atoms with Gasteiger partial charge in [-0.25, -0.2) is 14.2 Å². The van der Waals surface area contributed by atoms with Gasteiger partial charge in [-0.1, -0.05) is 0 Å². The molecule has 0 bridgehead atoms. The summed E-state index contributed by atoms with van der Waals surface area (Å²) < 4.78 is 18.5. The van der Waals surface area contributed by atoms with Crippen LogP contribution in [0, 0.1) is 0 Å². The Kier molecular flexibility index (Phi) is 5.02. The van der Waals surface area contributed by atoms with Crippen molar-refractivity contribution >= 4 is 23.1 Å². The normalized spacial score (nSPS) is 22.0. The van der Waals surface area contributed by atoms with Crippen LogP contribution in [-0.2, 0) is 9.53 Å². The fourth-order valence-corrected chi connectivity index (χ4v) is 3.27. The van der Waals surface area contributed by atoms with E-state index in [1.54, 1.807) is 13.1 Å². The second-order valence-electron chi connectivity index (χ2n) is 5.43. The van der Waals surface area contributed by atoms with Crippen LogP contribution in [-0.4, -0.2) is 60.6 Å². The van der Waals surface area contributed by atoms with Gasteiger partial charge in [0.2, 0.25) is 0 Å². The molecule has 0 aromatic carbocycles. The van der Waals surface area contributed by atoms with E-state index < -0.39 is 6.17 Å². The number of thiazole rings is 1. The molecule has 1 N–H and O–H groups in total. The number of likely N-dealkylation sites (tertiary alicyclic amines) is 1. The topological polar surface area (TPSA) is 66.8 Å². The number of aliphatic imine (C=N–C) groups is 1. The number of aromatic nitrogens is 1. The van der Waals surface area contributed by atoms with E-state index in [9.17, 15) is 9.18 Å². The van der Waals surface area contributed by atoms with Crippen LogP contribution >= 0.6 is 11.3 Å². The smallest absolute Gasteiger partial charge is 0.337 e. The lowest BCUT2D eigenvalue weighted by Crippen LogP contribution is -2.38. The van der Waals surface area contributed by atoms with E-state index in [2.05, 4.69) is 15.3 Å². The largest absolute Gasteiger partial charge is 0.463 e. The highest BCUT2D eigenvalue weighted by molar-refractivity contribution is 7.11. The third-order valence-electron chi connectivity index (χ3n) is 3.78. The van der Waals surface area contributed by atoms with E-state index in [1.165, 1.54) is 11.3 Å². The van der Waals surface area contributed by atoms with Crippen LogP contribution < -0.4 is 5.32 Å². The molecule has 0 aliphatic carbocycles. The predicted octanol–water partition coefficient (Wildman–Crippen LogP) is 1.35. The number of esters is 1. The molecule has 1 saturated heterocycles. The van der Waals surface area contributed by atoms with Gasteiger partial charge in [-0.05, 0) is 13.3 Å². The van der Waals surface area contributed by atoms with Crippen molar-refractivity contribution in [3.63, 3.8) is 0 Å². The van der Waals surface area contributed by atoms with Crippen LogP contribution in [0.3, 0.4) is 0 Å². The summed E-state index contributed by atoms with van der Waals surface area (Å²) in [5.41, 5.74) is 1.24. The molecule has 3 heterocycles. The maximum atomic E-state index is 13.4. The van der Waals surface area contributed by atoms with Gasteiger partial charge in [0.05, 0.1) is 18.7 Å². The Balaban J connectivity index is 1.78. The highest BCUT2D eigenvalue weighted by Crippen LogP contribution is 2.19. The number of hydrogen-bond donors (Lipinski definition) is 1. The maximum Gasteiger partial charge on any atom is 0.337 e. The van der Waals surface area contributed by atoms with E-state index in [0.29, 0.717) is 44.1 Å². The fraction of sp³-hybridized carbons (Fsp3) is 0.533. The number of carbonyl (C=O) groups is 1. The molecule has 1 fully saturated rings. The minimum absolute atomic E-state index is 0.253. The van der Waals surface area contributed by atoms with Gasteiger partial charge in [-0.15, -0.1) is 11.3 Å². The summed E-state index contributed by atoms with van der Waals surface area (Å²) in [4.78, 5) is 22.8. The van der Waals surface area contributed by atoms with Crippen LogP contribution in [0.25, 0.3) is 0 Å². The first kappa shape index (κ1) is 16.1. The van der Waals surface area contributed by atoms with Crippen LogP contribution in [0.2, 0.25) is 0 Å². The van der Waals surface area contributed by atoms with Gasteiger partial charge in [-0.3, -0.25) is 9.89 Å². The minimum Gasteiger partial charge on any atom is -0.463 e. The Morgan fingerprint density at radius 1 is 1.61 bits per heavy atom. The van der Waals surface area contributed by atoms with Crippen molar-refractivity contribution in [2.75, 3.05) is 32.8 Å². The van der Waals surface area contributed by atoms with E-state index in [1.807, 2.05) is 10.3 Å². The number of rotatable bonds is 5. The van der Waals surface area contributed by atoms with Crippen molar-refractivity contribution in [1.29, 1.82) is 0 Å². The number of hydrogen-bond acceptors (Lipinski definition) is 7. The molecule has 2 aliphatic heterocycles.